The lowest BCUT2D eigenvalue weighted by Gasteiger charge is -2.34. The van der Waals surface area contributed by atoms with Crippen LogP contribution in [0.25, 0.3) is 0 Å². The Morgan fingerprint density at radius 1 is 1.17 bits per heavy atom. The first kappa shape index (κ1) is 17.2. The van der Waals surface area contributed by atoms with Gasteiger partial charge in [0.2, 0.25) is 0 Å². The fraction of sp³-hybridized carbons (Fsp3) is 0.500. The van der Waals surface area contributed by atoms with Gasteiger partial charge < -0.3 is 15.8 Å². The Morgan fingerprint density at radius 3 is 2.62 bits per heavy atom. The average Bonchev–Trinajstić information content (AvgIpc) is 3.10. The van der Waals surface area contributed by atoms with Gasteiger partial charge in [-0.15, -0.1) is 0 Å². The fourth-order valence-corrected chi connectivity index (χ4v) is 3.60. The molecule has 1 aliphatic heterocycles. The van der Waals surface area contributed by atoms with Crippen molar-refractivity contribution in [3.63, 3.8) is 0 Å². The minimum atomic E-state index is -0.379. The van der Waals surface area contributed by atoms with E-state index >= 15 is 0 Å². The van der Waals surface area contributed by atoms with Crippen molar-refractivity contribution in [3.05, 3.63) is 59.4 Å². The molecule has 2 heterocycles. The largest absolute Gasteiger partial charge is 0.387 e. The van der Waals surface area contributed by atoms with Crippen molar-refractivity contribution in [2.75, 3.05) is 19.6 Å². The zero-order valence-electron chi connectivity index (χ0n) is 14.3. The number of aliphatic hydroxyl groups is 1. The predicted octanol–water partition coefficient (Wildman–Crippen LogP) is 2.85. The summed E-state index contributed by atoms with van der Waals surface area (Å²) in [4.78, 5) is 5.74. The van der Waals surface area contributed by atoms with Crippen LogP contribution in [-0.2, 0) is 13.0 Å². The Labute approximate surface area is 144 Å². The minimum Gasteiger partial charge on any atom is -0.387 e. The summed E-state index contributed by atoms with van der Waals surface area (Å²) in [5.41, 5.74) is 9.14. The maximum atomic E-state index is 10.7. The maximum Gasteiger partial charge on any atom is 0.0966 e. The van der Waals surface area contributed by atoms with E-state index in [4.69, 9.17) is 5.73 Å². The summed E-state index contributed by atoms with van der Waals surface area (Å²) in [5, 5.41) is 10.7. The van der Waals surface area contributed by atoms with E-state index < -0.39 is 0 Å². The number of hydrogen-bond acceptors (Lipinski definition) is 3. The van der Waals surface area contributed by atoms with Crippen LogP contribution in [0, 0.1) is 5.92 Å². The van der Waals surface area contributed by atoms with E-state index in [1.165, 1.54) is 11.1 Å². The van der Waals surface area contributed by atoms with Crippen LogP contribution < -0.4 is 5.73 Å². The molecule has 1 saturated heterocycles. The molecule has 0 amide bonds. The van der Waals surface area contributed by atoms with Gasteiger partial charge in [0, 0.05) is 18.4 Å². The Morgan fingerprint density at radius 2 is 1.92 bits per heavy atom. The van der Waals surface area contributed by atoms with Crippen LogP contribution in [0.15, 0.2) is 42.6 Å². The SMILES string of the molecule is NCCCc1c[nH]c(C(O)C2CCN(Cc3ccccc3)CC2)c1. The molecule has 4 N–H and O–H groups in total. The number of aryl methyl sites for hydroxylation is 1. The molecule has 0 saturated carbocycles. The van der Waals surface area contributed by atoms with Crippen LogP contribution in [0.5, 0.6) is 0 Å². The molecule has 0 aliphatic carbocycles. The lowest BCUT2D eigenvalue weighted by molar-refractivity contribution is 0.0543. The van der Waals surface area contributed by atoms with Crippen LogP contribution in [0.4, 0.5) is 0 Å². The van der Waals surface area contributed by atoms with Crippen molar-refractivity contribution < 1.29 is 5.11 Å². The highest BCUT2D eigenvalue weighted by atomic mass is 16.3. The van der Waals surface area contributed by atoms with Crippen molar-refractivity contribution in [1.29, 1.82) is 0 Å². The number of rotatable bonds is 7. The first-order valence-corrected chi connectivity index (χ1v) is 9.08. The van der Waals surface area contributed by atoms with Gasteiger partial charge in [-0.25, -0.2) is 0 Å². The molecule has 0 bridgehead atoms. The predicted molar refractivity (Wildman–Crippen MR) is 97.6 cm³/mol. The zero-order chi connectivity index (χ0) is 16.8. The van der Waals surface area contributed by atoms with E-state index in [0.29, 0.717) is 12.5 Å². The van der Waals surface area contributed by atoms with E-state index in [9.17, 15) is 5.11 Å². The van der Waals surface area contributed by atoms with E-state index in [1.807, 2.05) is 6.20 Å². The molecular weight excluding hydrogens is 298 g/mol. The molecule has 0 radical (unpaired) electrons. The van der Waals surface area contributed by atoms with Crippen LogP contribution in [0.1, 0.15) is 42.2 Å². The van der Waals surface area contributed by atoms with Crippen LogP contribution >= 0.6 is 0 Å². The summed E-state index contributed by atoms with van der Waals surface area (Å²) in [6.07, 6.45) is 5.70. The Bertz CT molecular complexity index is 602. The lowest BCUT2D eigenvalue weighted by Crippen LogP contribution is -2.35. The summed E-state index contributed by atoms with van der Waals surface area (Å²) in [7, 11) is 0. The second-order valence-electron chi connectivity index (χ2n) is 6.90. The number of nitrogens with zero attached hydrogens (tertiary/aromatic N) is 1. The second-order valence-corrected chi connectivity index (χ2v) is 6.90. The number of aromatic nitrogens is 1. The van der Waals surface area contributed by atoms with Crippen molar-refractivity contribution in [3.8, 4) is 0 Å². The number of piperidine rings is 1. The zero-order valence-corrected chi connectivity index (χ0v) is 14.3. The van der Waals surface area contributed by atoms with Crippen molar-refractivity contribution in [1.82, 2.24) is 9.88 Å². The van der Waals surface area contributed by atoms with Crippen LogP contribution in [-0.4, -0.2) is 34.6 Å². The van der Waals surface area contributed by atoms with Crippen molar-refractivity contribution >= 4 is 0 Å². The Kier molecular flexibility index (Phi) is 6.07. The molecule has 3 rings (SSSR count). The number of nitrogens with two attached hydrogens (primary N) is 1. The highest BCUT2D eigenvalue weighted by Crippen LogP contribution is 2.31. The highest BCUT2D eigenvalue weighted by Gasteiger charge is 2.27. The number of benzene rings is 1. The van der Waals surface area contributed by atoms with Crippen LogP contribution in [0.2, 0.25) is 0 Å². The third-order valence-electron chi connectivity index (χ3n) is 5.08. The molecule has 0 spiro atoms. The number of hydrogen-bond donors (Lipinski definition) is 3. The van der Waals surface area contributed by atoms with E-state index in [2.05, 4.69) is 46.3 Å². The smallest absolute Gasteiger partial charge is 0.0966 e. The van der Waals surface area contributed by atoms with Gasteiger partial charge in [-0.2, -0.15) is 0 Å². The van der Waals surface area contributed by atoms with E-state index in [0.717, 1.165) is 51.0 Å². The number of nitrogens with one attached hydrogen (secondary N) is 1. The molecule has 2 aromatic rings. The minimum absolute atomic E-state index is 0.345. The first-order chi connectivity index (χ1) is 11.8. The highest BCUT2D eigenvalue weighted by molar-refractivity contribution is 5.19. The fourth-order valence-electron chi connectivity index (χ4n) is 3.60. The summed E-state index contributed by atoms with van der Waals surface area (Å²) >= 11 is 0. The number of aromatic amines is 1. The normalized spacial score (nSPS) is 17.9. The van der Waals surface area contributed by atoms with Gasteiger partial charge in [-0.05, 0) is 68.4 Å². The van der Waals surface area contributed by atoms with Crippen molar-refractivity contribution in [2.45, 2.75) is 38.3 Å². The number of likely N-dealkylation sites (tertiary alicyclic amines) is 1. The Hall–Kier alpha value is -1.62. The van der Waals surface area contributed by atoms with E-state index in [-0.39, 0.29) is 6.10 Å². The molecular formula is C20H29N3O. The van der Waals surface area contributed by atoms with Gasteiger partial charge in [-0.1, -0.05) is 30.3 Å². The van der Waals surface area contributed by atoms with Crippen molar-refractivity contribution in [2.24, 2.45) is 11.7 Å². The first-order valence-electron chi connectivity index (χ1n) is 9.08. The number of aliphatic hydroxyl groups excluding tert-OH is 1. The maximum absolute atomic E-state index is 10.7. The molecule has 1 aromatic heterocycles. The average molecular weight is 327 g/mol. The summed E-state index contributed by atoms with van der Waals surface area (Å²) in [5.74, 6) is 0.345. The third-order valence-corrected chi connectivity index (χ3v) is 5.08. The molecule has 4 nitrogen and oxygen atoms in total. The lowest BCUT2D eigenvalue weighted by atomic mass is 9.89. The number of H-pyrrole nitrogens is 1. The molecule has 1 unspecified atom stereocenters. The summed E-state index contributed by atoms with van der Waals surface area (Å²) < 4.78 is 0. The molecule has 1 aliphatic rings. The second kappa shape index (κ2) is 8.47. The molecule has 24 heavy (non-hydrogen) atoms. The summed E-state index contributed by atoms with van der Waals surface area (Å²) in [6.45, 7) is 3.83. The molecule has 1 aromatic carbocycles. The third kappa shape index (κ3) is 4.47. The van der Waals surface area contributed by atoms with Gasteiger partial charge in [0.1, 0.15) is 0 Å². The van der Waals surface area contributed by atoms with Gasteiger partial charge >= 0.3 is 0 Å². The van der Waals surface area contributed by atoms with E-state index in [1.54, 1.807) is 0 Å². The quantitative estimate of drug-likeness (QED) is 0.732. The molecule has 1 atom stereocenters. The Balaban J connectivity index is 1.49. The molecule has 1 fully saturated rings. The monoisotopic (exact) mass is 327 g/mol. The van der Waals surface area contributed by atoms with Gasteiger partial charge in [0.05, 0.1) is 6.10 Å². The van der Waals surface area contributed by atoms with Gasteiger partial charge in [-0.3, -0.25) is 4.90 Å². The topological polar surface area (TPSA) is 65.3 Å². The molecule has 130 valence electrons. The standard InChI is InChI=1S/C20H29N3O/c21-10-4-7-17-13-19(22-14-17)20(24)18-8-11-23(12-9-18)15-16-5-2-1-3-6-16/h1-3,5-6,13-14,18,20,22,24H,4,7-12,15,21H2. The van der Waals surface area contributed by atoms with Crippen LogP contribution in [0.3, 0.4) is 0 Å². The molecule has 4 heteroatoms. The van der Waals surface area contributed by atoms with Gasteiger partial charge in [0.25, 0.3) is 0 Å². The van der Waals surface area contributed by atoms with Gasteiger partial charge in [0.15, 0.2) is 0 Å². The summed E-state index contributed by atoms with van der Waals surface area (Å²) in [6, 6.07) is 12.7.